The van der Waals surface area contributed by atoms with Crippen LogP contribution in [0.25, 0.3) is 0 Å². The highest BCUT2D eigenvalue weighted by atomic mass is 79.9. The molecule has 26 heavy (non-hydrogen) atoms. The first-order chi connectivity index (χ1) is 12.3. The molecule has 0 spiro atoms. The van der Waals surface area contributed by atoms with E-state index >= 15 is 0 Å². The van der Waals surface area contributed by atoms with Crippen molar-refractivity contribution in [2.45, 2.75) is 25.9 Å². The molecule has 0 bridgehead atoms. The zero-order valence-electron chi connectivity index (χ0n) is 15.0. The number of nitrogens with one attached hydrogen (secondary N) is 1. The predicted octanol–water partition coefficient (Wildman–Crippen LogP) is 2.21. The van der Waals surface area contributed by atoms with Gasteiger partial charge >= 0.3 is 0 Å². The van der Waals surface area contributed by atoms with Crippen molar-refractivity contribution in [3.63, 3.8) is 0 Å². The van der Waals surface area contributed by atoms with Gasteiger partial charge < -0.3 is 21.1 Å². The highest BCUT2D eigenvalue weighted by Crippen LogP contribution is 2.27. The number of anilines is 1. The molecule has 5 N–H and O–H groups in total. The molecule has 2 atom stereocenters. The number of hydrogen-bond donors (Lipinski definition) is 3. The van der Waals surface area contributed by atoms with Crippen molar-refractivity contribution in [3.8, 4) is 5.75 Å². The molecular formula is C19H23BrN3O3+. The largest absolute Gasteiger partial charge is 0.496 e. The monoisotopic (exact) mass is 420 g/mol. The first-order valence-corrected chi connectivity index (χ1v) is 9.00. The Bertz CT molecular complexity index is 793. The average molecular weight is 421 g/mol. The minimum atomic E-state index is -0.496. The fourth-order valence-corrected chi connectivity index (χ4v) is 3.13. The van der Waals surface area contributed by atoms with Crippen LogP contribution in [0.15, 0.2) is 46.9 Å². The topological polar surface area (TPSA) is 98.0 Å². The number of rotatable bonds is 7. The number of hydrogen-bond acceptors (Lipinski definition) is 3. The van der Waals surface area contributed by atoms with E-state index in [1.807, 2.05) is 37.4 Å². The van der Waals surface area contributed by atoms with E-state index in [1.54, 1.807) is 31.4 Å². The number of primary amides is 1. The minimum absolute atomic E-state index is 0.0928. The number of ether oxygens (including phenoxy) is 1. The molecule has 138 valence electrons. The summed E-state index contributed by atoms with van der Waals surface area (Å²) in [6.45, 7) is 3.89. The van der Waals surface area contributed by atoms with Crippen molar-refractivity contribution in [2.24, 2.45) is 5.73 Å². The summed E-state index contributed by atoms with van der Waals surface area (Å²) in [5, 5.41) is 4.83. The van der Waals surface area contributed by atoms with Gasteiger partial charge in [0.15, 0.2) is 6.04 Å². The third-order valence-electron chi connectivity index (χ3n) is 4.13. The lowest BCUT2D eigenvalue weighted by molar-refractivity contribution is -0.709. The van der Waals surface area contributed by atoms with Crippen LogP contribution >= 0.6 is 15.9 Å². The molecule has 2 rings (SSSR count). The molecule has 0 aliphatic rings. The number of carbonyl (C=O) groups excluding carboxylic acids is 2. The molecule has 0 saturated carbocycles. The Hall–Kier alpha value is -2.38. The number of benzene rings is 2. The van der Waals surface area contributed by atoms with Crippen LogP contribution in [0.2, 0.25) is 0 Å². The Morgan fingerprint density at radius 1 is 1.15 bits per heavy atom. The van der Waals surface area contributed by atoms with E-state index in [4.69, 9.17) is 10.5 Å². The van der Waals surface area contributed by atoms with E-state index in [9.17, 15) is 9.59 Å². The first kappa shape index (κ1) is 19.9. The molecule has 0 aromatic heterocycles. The zero-order chi connectivity index (χ0) is 19.3. The number of amides is 2. The molecule has 0 aliphatic carbocycles. The molecule has 0 fully saturated rings. The van der Waals surface area contributed by atoms with Crippen LogP contribution in [-0.2, 0) is 4.79 Å². The van der Waals surface area contributed by atoms with Gasteiger partial charge in [0.25, 0.3) is 5.91 Å². The molecule has 2 aromatic carbocycles. The van der Waals surface area contributed by atoms with Crippen molar-refractivity contribution >= 4 is 33.4 Å². The van der Waals surface area contributed by atoms with Gasteiger partial charge in [-0.2, -0.15) is 0 Å². The molecule has 2 amide bonds. The Kier molecular flexibility index (Phi) is 6.76. The summed E-state index contributed by atoms with van der Waals surface area (Å²) in [6.07, 6.45) is 0. The Balaban J connectivity index is 1.97. The normalized spacial score (nSPS) is 12.9. The zero-order valence-corrected chi connectivity index (χ0v) is 16.5. The van der Waals surface area contributed by atoms with Gasteiger partial charge in [0.05, 0.1) is 11.6 Å². The summed E-state index contributed by atoms with van der Waals surface area (Å²) < 4.78 is 6.12. The van der Waals surface area contributed by atoms with E-state index < -0.39 is 5.91 Å². The van der Waals surface area contributed by atoms with Gasteiger partial charge in [-0.05, 0) is 72.2 Å². The van der Waals surface area contributed by atoms with E-state index in [1.165, 1.54) is 0 Å². The van der Waals surface area contributed by atoms with Gasteiger partial charge in [0, 0.05) is 16.8 Å². The number of halogens is 1. The molecule has 0 heterocycles. The van der Waals surface area contributed by atoms with Gasteiger partial charge in [0.1, 0.15) is 11.8 Å². The first-order valence-electron chi connectivity index (χ1n) is 8.21. The second-order valence-corrected chi connectivity index (χ2v) is 6.95. The van der Waals surface area contributed by atoms with Crippen molar-refractivity contribution in [3.05, 3.63) is 58.1 Å². The maximum absolute atomic E-state index is 12.4. The highest BCUT2D eigenvalue weighted by Gasteiger charge is 2.21. The number of nitrogens with two attached hydrogens (primary N) is 2. The smallest absolute Gasteiger partial charge is 0.282 e. The maximum atomic E-state index is 12.4. The molecule has 0 radical (unpaired) electrons. The summed E-state index contributed by atoms with van der Waals surface area (Å²) >= 11 is 3.48. The number of methoxy groups -OCH3 is 1. The number of quaternary nitrogens is 1. The van der Waals surface area contributed by atoms with E-state index in [0.29, 0.717) is 11.3 Å². The van der Waals surface area contributed by atoms with Crippen LogP contribution in [0, 0.1) is 0 Å². The summed E-state index contributed by atoms with van der Waals surface area (Å²) in [5.74, 6) is 0.159. The third-order valence-corrected chi connectivity index (χ3v) is 4.75. The highest BCUT2D eigenvalue weighted by molar-refractivity contribution is 9.10. The van der Waals surface area contributed by atoms with Crippen molar-refractivity contribution in [1.29, 1.82) is 0 Å². The van der Waals surface area contributed by atoms with Gasteiger partial charge in [-0.25, -0.2) is 0 Å². The fourth-order valence-electron chi connectivity index (χ4n) is 2.57. The van der Waals surface area contributed by atoms with Gasteiger partial charge in [-0.1, -0.05) is 0 Å². The van der Waals surface area contributed by atoms with Crippen LogP contribution in [0.5, 0.6) is 5.75 Å². The fraction of sp³-hybridized carbons (Fsp3) is 0.263. The van der Waals surface area contributed by atoms with Crippen molar-refractivity contribution in [1.82, 2.24) is 0 Å². The second-order valence-electron chi connectivity index (χ2n) is 6.09. The van der Waals surface area contributed by atoms with E-state index in [-0.39, 0.29) is 18.0 Å². The molecule has 6 nitrogen and oxygen atoms in total. The average Bonchev–Trinajstić information content (AvgIpc) is 2.61. The summed E-state index contributed by atoms with van der Waals surface area (Å²) in [5.41, 5.74) is 7.33. The summed E-state index contributed by atoms with van der Waals surface area (Å²) in [7, 11) is 1.62. The molecule has 2 aromatic rings. The standard InChI is InChI=1S/C19H22BrN3O3/c1-11(14-6-9-17(26-3)16(20)10-14)22-12(2)19(25)23-15-7-4-13(5-8-15)18(21)24/h4-12,22H,1-3H3,(H2,21,24)(H,23,25)/p+1/t11-,12+/m1/s1. The lowest BCUT2D eigenvalue weighted by Crippen LogP contribution is -2.91. The number of carbonyl (C=O) groups is 2. The third kappa shape index (κ3) is 5.06. The van der Waals surface area contributed by atoms with Crippen LogP contribution < -0.4 is 21.1 Å². The Morgan fingerprint density at radius 2 is 1.81 bits per heavy atom. The predicted molar refractivity (Wildman–Crippen MR) is 104 cm³/mol. The van der Waals surface area contributed by atoms with E-state index in [0.717, 1.165) is 15.8 Å². The van der Waals surface area contributed by atoms with Crippen LogP contribution in [-0.4, -0.2) is 25.0 Å². The van der Waals surface area contributed by atoms with Crippen LogP contribution in [0.4, 0.5) is 5.69 Å². The van der Waals surface area contributed by atoms with Crippen molar-refractivity contribution < 1.29 is 19.6 Å². The summed E-state index contributed by atoms with van der Waals surface area (Å²) in [6, 6.07) is 12.2. The minimum Gasteiger partial charge on any atom is -0.496 e. The van der Waals surface area contributed by atoms with E-state index in [2.05, 4.69) is 21.2 Å². The lowest BCUT2D eigenvalue weighted by atomic mass is 10.1. The quantitative estimate of drug-likeness (QED) is 0.640. The SMILES string of the molecule is COc1ccc([C@@H](C)[NH2+][C@@H](C)C(=O)Nc2ccc(C(N)=O)cc2)cc1Br. The van der Waals surface area contributed by atoms with Gasteiger partial charge in [-0.3, -0.25) is 9.59 Å². The molecule has 0 saturated heterocycles. The van der Waals surface area contributed by atoms with Gasteiger partial charge in [-0.15, -0.1) is 0 Å². The lowest BCUT2D eigenvalue weighted by Gasteiger charge is -2.17. The van der Waals surface area contributed by atoms with Crippen molar-refractivity contribution in [2.75, 3.05) is 12.4 Å². The van der Waals surface area contributed by atoms with Crippen LogP contribution in [0.3, 0.4) is 0 Å². The molecular weight excluding hydrogens is 398 g/mol. The second kappa shape index (κ2) is 8.82. The Morgan fingerprint density at radius 3 is 2.35 bits per heavy atom. The molecule has 0 unspecified atom stereocenters. The Labute approximate surface area is 161 Å². The molecule has 7 heteroatoms. The maximum Gasteiger partial charge on any atom is 0.282 e. The van der Waals surface area contributed by atoms with Gasteiger partial charge in [0.2, 0.25) is 5.91 Å². The summed E-state index contributed by atoms with van der Waals surface area (Å²) in [4.78, 5) is 23.5. The molecule has 0 aliphatic heterocycles. The van der Waals surface area contributed by atoms with Crippen LogP contribution in [0.1, 0.15) is 35.8 Å².